The Morgan fingerprint density at radius 3 is 2.81 bits per heavy atom. The molecule has 2 bridgehead atoms. The number of aliphatic carboxylic acids is 1. The van der Waals surface area contributed by atoms with E-state index >= 15 is 0 Å². The zero-order chi connectivity index (χ0) is 21.8. The van der Waals surface area contributed by atoms with Gasteiger partial charge in [-0.25, -0.2) is 0 Å². The topological polar surface area (TPSA) is 66.7 Å². The standard InChI is InChI=1S/C27H31NO3/c1-18(29)19-6-2-3-7-20-13-23(11-10-22(20)12-19)21-8-4-5-9-26-15-24(14-21)25(17-28-26)16-27(30)31/h4,8,10-11,13-14,17,19,26H,2-3,5-7,9,12,15-16H2,1H3,(H,30,31)/b8-4-,21-14+. The van der Waals surface area contributed by atoms with Gasteiger partial charge in [0.2, 0.25) is 0 Å². The molecule has 0 amide bonds. The number of Topliss-reactive ketones (excluding diaryl/α,β-unsaturated/α-hetero) is 1. The molecule has 0 saturated heterocycles. The van der Waals surface area contributed by atoms with E-state index in [-0.39, 0.29) is 18.4 Å². The largest absolute Gasteiger partial charge is 0.481 e. The number of aryl methyl sites for hydroxylation is 1. The molecule has 4 nitrogen and oxygen atoms in total. The zero-order valence-electron chi connectivity index (χ0n) is 18.3. The number of aliphatic imine (C=N–C) groups is 1. The molecule has 0 fully saturated rings. The van der Waals surface area contributed by atoms with Crippen molar-refractivity contribution in [2.45, 2.75) is 70.8 Å². The van der Waals surface area contributed by atoms with Gasteiger partial charge in [-0.05, 0) is 85.3 Å². The van der Waals surface area contributed by atoms with Crippen LogP contribution in [0, 0.1) is 5.92 Å². The molecule has 1 aromatic rings. The van der Waals surface area contributed by atoms with E-state index < -0.39 is 5.97 Å². The lowest BCUT2D eigenvalue weighted by atomic mass is 9.83. The summed E-state index contributed by atoms with van der Waals surface area (Å²) < 4.78 is 0. The molecule has 2 aliphatic carbocycles. The summed E-state index contributed by atoms with van der Waals surface area (Å²) in [7, 11) is 0. The maximum Gasteiger partial charge on any atom is 0.307 e. The molecular weight excluding hydrogens is 386 g/mol. The lowest BCUT2D eigenvalue weighted by molar-refractivity contribution is -0.136. The van der Waals surface area contributed by atoms with Crippen molar-refractivity contribution in [3.63, 3.8) is 0 Å². The van der Waals surface area contributed by atoms with Crippen molar-refractivity contribution in [3.8, 4) is 0 Å². The molecule has 0 radical (unpaired) electrons. The molecule has 1 aromatic carbocycles. The van der Waals surface area contributed by atoms with Gasteiger partial charge in [0, 0.05) is 12.1 Å². The van der Waals surface area contributed by atoms with E-state index in [9.17, 15) is 14.7 Å². The first kappa shape index (κ1) is 21.5. The van der Waals surface area contributed by atoms with Crippen LogP contribution in [-0.2, 0) is 22.4 Å². The highest BCUT2D eigenvalue weighted by atomic mass is 16.4. The zero-order valence-corrected chi connectivity index (χ0v) is 18.3. The molecule has 0 saturated carbocycles. The molecule has 2 atom stereocenters. The number of ketones is 1. The van der Waals surface area contributed by atoms with Gasteiger partial charge >= 0.3 is 5.97 Å². The van der Waals surface area contributed by atoms with Crippen molar-refractivity contribution in [1.82, 2.24) is 0 Å². The van der Waals surface area contributed by atoms with Crippen LogP contribution in [-0.4, -0.2) is 29.1 Å². The van der Waals surface area contributed by atoms with E-state index in [0.717, 1.165) is 73.6 Å². The lowest BCUT2D eigenvalue weighted by Crippen LogP contribution is -2.17. The number of benzene rings is 1. The number of allylic oxidation sites excluding steroid dienone is 4. The summed E-state index contributed by atoms with van der Waals surface area (Å²) in [6, 6.07) is 6.88. The van der Waals surface area contributed by atoms with E-state index in [2.05, 4.69) is 41.4 Å². The van der Waals surface area contributed by atoms with Gasteiger partial charge < -0.3 is 5.11 Å². The highest BCUT2D eigenvalue weighted by molar-refractivity contribution is 5.90. The van der Waals surface area contributed by atoms with Crippen LogP contribution in [0.3, 0.4) is 0 Å². The van der Waals surface area contributed by atoms with Crippen LogP contribution < -0.4 is 0 Å². The van der Waals surface area contributed by atoms with Gasteiger partial charge in [-0.15, -0.1) is 0 Å². The SMILES string of the molecule is CC(=O)C1CCCCc2cc(C3=C/C4=C(CC(=O)O)C=NC(CC/C=C\3)C4)ccc2C1. The number of hydrogen-bond acceptors (Lipinski definition) is 3. The number of dihydropyridines is 1. The highest BCUT2D eigenvalue weighted by Gasteiger charge is 2.21. The fraction of sp³-hybridized carbons (Fsp3) is 0.444. The summed E-state index contributed by atoms with van der Waals surface area (Å²) in [6.45, 7) is 1.72. The monoisotopic (exact) mass is 417 g/mol. The second-order valence-electron chi connectivity index (χ2n) is 9.08. The van der Waals surface area contributed by atoms with Crippen molar-refractivity contribution < 1.29 is 14.7 Å². The van der Waals surface area contributed by atoms with E-state index in [4.69, 9.17) is 0 Å². The molecule has 1 heterocycles. The number of fused-ring (bicyclic) bond motifs is 3. The van der Waals surface area contributed by atoms with Gasteiger partial charge in [0.25, 0.3) is 0 Å². The Morgan fingerprint density at radius 1 is 1.13 bits per heavy atom. The van der Waals surface area contributed by atoms with Crippen LogP contribution in [0.25, 0.3) is 5.57 Å². The van der Waals surface area contributed by atoms with Crippen LogP contribution >= 0.6 is 0 Å². The van der Waals surface area contributed by atoms with Gasteiger partial charge in [-0.1, -0.05) is 42.8 Å². The predicted octanol–water partition coefficient (Wildman–Crippen LogP) is 5.51. The molecular formula is C27H31NO3. The molecule has 4 heteroatoms. The van der Waals surface area contributed by atoms with Crippen LogP contribution in [0.1, 0.15) is 68.6 Å². The van der Waals surface area contributed by atoms with Crippen LogP contribution in [0.15, 0.2) is 52.6 Å². The van der Waals surface area contributed by atoms with Crippen molar-refractivity contribution >= 4 is 23.5 Å². The Bertz CT molecular complexity index is 996. The first-order valence-corrected chi connectivity index (χ1v) is 11.5. The summed E-state index contributed by atoms with van der Waals surface area (Å²) in [5, 5.41) is 9.32. The number of carbonyl (C=O) groups is 2. The number of rotatable bonds is 4. The Labute approximate surface area is 184 Å². The first-order chi connectivity index (χ1) is 15.0. The average molecular weight is 418 g/mol. The van der Waals surface area contributed by atoms with E-state index in [1.165, 1.54) is 11.1 Å². The summed E-state index contributed by atoms with van der Waals surface area (Å²) >= 11 is 0. The molecule has 162 valence electrons. The first-order valence-electron chi connectivity index (χ1n) is 11.5. The van der Waals surface area contributed by atoms with Crippen molar-refractivity contribution in [2.75, 3.05) is 0 Å². The highest BCUT2D eigenvalue weighted by Crippen LogP contribution is 2.32. The quantitative estimate of drug-likeness (QED) is 0.702. The summed E-state index contributed by atoms with van der Waals surface area (Å²) in [5.41, 5.74) is 6.84. The minimum absolute atomic E-state index is 0.00959. The van der Waals surface area contributed by atoms with Crippen molar-refractivity contribution in [3.05, 3.63) is 64.3 Å². The van der Waals surface area contributed by atoms with Crippen LogP contribution in [0.2, 0.25) is 0 Å². The maximum absolute atomic E-state index is 12.0. The Balaban J connectivity index is 1.72. The van der Waals surface area contributed by atoms with E-state index in [1.54, 1.807) is 13.1 Å². The molecule has 1 N–H and O–H groups in total. The van der Waals surface area contributed by atoms with Crippen molar-refractivity contribution in [2.24, 2.45) is 10.9 Å². The lowest BCUT2D eigenvalue weighted by Gasteiger charge is -2.21. The number of hydrogen-bond donors (Lipinski definition) is 1. The Hall–Kier alpha value is -2.75. The molecule has 2 unspecified atom stereocenters. The molecule has 0 aromatic heterocycles. The third-order valence-corrected chi connectivity index (χ3v) is 6.77. The molecule has 4 rings (SSSR count). The number of nitrogens with zero attached hydrogens (tertiary/aromatic N) is 1. The maximum atomic E-state index is 12.0. The molecule has 3 aliphatic rings. The summed E-state index contributed by atoms with van der Waals surface area (Å²) in [4.78, 5) is 28.0. The fourth-order valence-electron chi connectivity index (χ4n) is 4.94. The third kappa shape index (κ3) is 5.30. The predicted molar refractivity (Wildman–Crippen MR) is 124 cm³/mol. The smallest absolute Gasteiger partial charge is 0.307 e. The van der Waals surface area contributed by atoms with Gasteiger partial charge in [0.1, 0.15) is 5.78 Å². The summed E-state index contributed by atoms with van der Waals surface area (Å²) in [5.74, 6) is -0.389. The van der Waals surface area contributed by atoms with E-state index in [1.807, 2.05) is 0 Å². The van der Waals surface area contributed by atoms with Crippen molar-refractivity contribution in [1.29, 1.82) is 0 Å². The minimum atomic E-state index is -0.820. The summed E-state index contributed by atoms with van der Waals surface area (Å²) in [6.07, 6.45) is 16.2. The van der Waals surface area contributed by atoms with Gasteiger partial charge in [-0.2, -0.15) is 0 Å². The van der Waals surface area contributed by atoms with E-state index in [0.29, 0.717) is 5.78 Å². The Morgan fingerprint density at radius 2 is 2.00 bits per heavy atom. The van der Waals surface area contributed by atoms with Crippen LogP contribution in [0.5, 0.6) is 0 Å². The molecule has 1 aliphatic heterocycles. The second-order valence-corrected chi connectivity index (χ2v) is 9.08. The van der Waals surface area contributed by atoms with Gasteiger partial charge in [0.15, 0.2) is 0 Å². The normalized spacial score (nSPS) is 26.3. The fourth-order valence-corrected chi connectivity index (χ4v) is 4.94. The molecule has 31 heavy (non-hydrogen) atoms. The minimum Gasteiger partial charge on any atom is -0.481 e. The molecule has 0 spiro atoms. The Kier molecular flexibility index (Phi) is 6.64. The number of carboxylic acids is 1. The number of carbonyl (C=O) groups excluding carboxylic acids is 1. The van der Waals surface area contributed by atoms with Gasteiger partial charge in [0.05, 0.1) is 12.5 Å². The second kappa shape index (κ2) is 9.59. The van der Waals surface area contributed by atoms with Crippen LogP contribution in [0.4, 0.5) is 0 Å². The third-order valence-electron chi connectivity index (χ3n) is 6.77. The van der Waals surface area contributed by atoms with Gasteiger partial charge in [-0.3, -0.25) is 14.6 Å². The number of carboxylic acid groups (broad SMARTS) is 1. The average Bonchev–Trinajstić information content (AvgIpc) is 2.79.